The highest BCUT2D eigenvalue weighted by Gasteiger charge is 2.38. The Kier molecular flexibility index (Phi) is 3.79. The van der Waals surface area contributed by atoms with Crippen LogP contribution in [0.15, 0.2) is 23.4 Å². The first kappa shape index (κ1) is 12.9. The van der Waals surface area contributed by atoms with Crippen LogP contribution in [0.4, 0.5) is 0 Å². The zero-order valence-corrected chi connectivity index (χ0v) is 12.9. The van der Waals surface area contributed by atoms with Gasteiger partial charge in [0, 0.05) is 7.11 Å². The van der Waals surface area contributed by atoms with E-state index in [9.17, 15) is 0 Å². The van der Waals surface area contributed by atoms with Crippen LogP contribution in [0.25, 0.3) is 0 Å². The summed E-state index contributed by atoms with van der Waals surface area (Å²) >= 11 is 0. The second-order valence-electron chi connectivity index (χ2n) is 5.88. The van der Waals surface area contributed by atoms with E-state index in [1.165, 1.54) is 0 Å². The fourth-order valence-corrected chi connectivity index (χ4v) is 7.93. The van der Waals surface area contributed by atoms with Crippen molar-refractivity contribution in [1.29, 1.82) is 0 Å². The predicted molar refractivity (Wildman–Crippen MR) is 73.4 cm³/mol. The van der Waals surface area contributed by atoms with Crippen molar-refractivity contribution in [2.24, 2.45) is 0 Å². The molecule has 0 amide bonds. The molecule has 0 spiro atoms. The number of allylic oxidation sites excluding steroid dienone is 4. The average Bonchev–Trinajstić information content (AvgIpc) is 2.16. The van der Waals surface area contributed by atoms with Gasteiger partial charge in [0.1, 0.15) is 0 Å². The Balaban J connectivity index is 3.01. The molecule has 0 bridgehead atoms. The average molecular weight is 240 g/mol. The summed E-state index contributed by atoms with van der Waals surface area (Å²) < 4.78 is 5.76. The normalized spacial score (nSPS) is 22.8. The number of rotatable bonds is 3. The van der Waals surface area contributed by atoms with Crippen molar-refractivity contribution in [2.75, 3.05) is 7.11 Å². The Bertz CT molecular complexity index is 284. The van der Waals surface area contributed by atoms with E-state index in [1.54, 1.807) is 5.20 Å². The standard InChI is InChI=1S/C12H24OSi2/c1-13-15(5,6)12-10-8-7-9-11(12)14(2,3)4/h7,9-11H,8H2,1-6H3. The van der Waals surface area contributed by atoms with Gasteiger partial charge < -0.3 is 4.43 Å². The molecule has 0 radical (unpaired) electrons. The molecule has 1 unspecified atom stereocenters. The van der Waals surface area contributed by atoms with E-state index in [-0.39, 0.29) is 0 Å². The Morgan fingerprint density at radius 2 is 1.80 bits per heavy atom. The van der Waals surface area contributed by atoms with Gasteiger partial charge in [-0.25, -0.2) is 0 Å². The van der Waals surface area contributed by atoms with E-state index in [0.717, 1.165) is 6.42 Å². The minimum Gasteiger partial charge on any atom is -0.416 e. The zero-order valence-electron chi connectivity index (χ0n) is 10.9. The van der Waals surface area contributed by atoms with Gasteiger partial charge in [0.05, 0.1) is 8.07 Å². The summed E-state index contributed by atoms with van der Waals surface area (Å²) in [7, 11) is -0.883. The highest BCUT2D eigenvalue weighted by Crippen LogP contribution is 2.39. The Morgan fingerprint density at radius 1 is 1.20 bits per heavy atom. The van der Waals surface area contributed by atoms with Crippen molar-refractivity contribution in [3.8, 4) is 0 Å². The molecule has 0 N–H and O–H groups in total. The molecule has 0 aromatic rings. The summed E-state index contributed by atoms with van der Waals surface area (Å²) in [5, 5.41) is 1.62. The maximum Gasteiger partial charge on any atom is 0.213 e. The second-order valence-corrected chi connectivity index (χ2v) is 15.2. The third kappa shape index (κ3) is 2.92. The molecule has 86 valence electrons. The molecular weight excluding hydrogens is 216 g/mol. The quantitative estimate of drug-likeness (QED) is 0.536. The molecule has 0 fully saturated rings. The van der Waals surface area contributed by atoms with Crippen LogP contribution in [0.1, 0.15) is 6.42 Å². The predicted octanol–water partition coefficient (Wildman–Crippen LogP) is 3.97. The second kappa shape index (κ2) is 4.39. The lowest BCUT2D eigenvalue weighted by molar-refractivity contribution is 0.411. The molecule has 0 aliphatic heterocycles. The first-order valence-corrected chi connectivity index (χ1v) is 12.2. The summed E-state index contributed by atoms with van der Waals surface area (Å²) in [6.07, 6.45) is 8.25. The molecule has 0 heterocycles. The van der Waals surface area contributed by atoms with Crippen molar-refractivity contribution in [2.45, 2.75) is 44.7 Å². The van der Waals surface area contributed by atoms with Crippen molar-refractivity contribution >= 4 is 16.4 Å². The molecule has 1 aliphatic rings. The van der Waals surface area contributed by atoms with E-state index in [2.05, 4.69) is 51.0 Å². The molecule has 0 aromatic carbocycles. The fraction of sp³-hybridized carbons (Fsp3) is 0.667. The van der Waals surface area contributed by atoms with Gasteiger partial charge in [0.25, 0.3) is 0 Å². The van der Waals surface area contributed by atoms with Crippen LogP contribution in [0.3, 0.4) is 0 Å². The molecule has 0 saturated heterocycles. The van der Waals surface area contributed by atoms with Crippen LogP contribution in [-0.2, 0) is 4.43 Å². The Hall–Kier alpha value is -0.126. The van der Waals surface area contributed by atoms with Gasteiger partial charge in [-0.3, -0.25) is 0 Å². The molecule has 0 aromatic heterocycles. The molecule has 15 heavy (non-hydrogen) atoms. The van der Waals surface area contributed by atoms with E-state index >= 15 is 0 Å². The smallest absolute Gasteiger partial charge is 0.213 e. The number of hydrogen-bond donors (Lipinski definition) is 0. The van der Waals surface area contributed by atoms with E-state index in [1.807, 2.05) is 7.11 Å². The third-order valence-electron chi connectivity index (χ3n) is 3.28. The van der Waals surface area contributed by atoms with Gasteiger partial charge in [0.15, 0.2) is 0 Å². The third-order valence-corrected chi connectivity index (χ3v) is 8.86. The van der Waals surface area contributed by atoms with Crippen molar-refractivity contribution < 1.29 is 4.43 Å². The van der Waals surface area contributed by atoms with Crippen molar-refractivity contribution in [3.05, 3.63) is 23.4 Å². The van der Waals surface area contributed by atoms with Crippen molar-refractivity contribution in [3.63, 3.8) is 0 Å². The first-order valence-electron chi connectivity index (χ1n) is 5.71. The summed E-state index contributed by atoms with van der Waals surface area (Å²) in [6.45, 7) is 12.0. The zero-order chi connectivity index (χ0) is 11.7. The summed E-state index contributed by atoms with van der Waals surface area (Å²) in [5.74, 6) is 0. The lowest BCUT2D eigenvalue weighted by atomic mass is 10.2. The topological polar surface area (TPSA) is 9.23 Å². The van der Waals surface area contributed by atoms with Crippen LogP contribution < -0.4 is 0 Å². The minimum atomic E-state index is -1.60. The summed E-state index contributed by atoms with van der Waals surface area (Å²) in [6, 6.07) is 0. The molecule has 1 nitrogen and oxygen atoms in total. The first-order chi connectivity index (χ1) is 6.79. The lowest BCUT2D eigenvalue weighted by Gasteiger charge is -2.37. The lowest BCUT2D eigenvalue weighted by Crippen LogP contribution is -2.41. The van der Waals surface area contributed by atoms with Crippen LogP contribution in [0, 0.1) is 0 Å². The molecular formula is C12H24OSi2. The minimum absolute atomic E-state index is 0.688. The van der Waals surface area contributed by atoms with E-state index in [0.29, 0.717) is 5.54 Å². The Morgan fingerprint density at radius 3 is 2.27 bits per heavy atom. The van der Waals surface area contributed by atoms with Gasteiger partial charge in [-0.05, 0) is 25.1 Å². The highest BCUT2D eigenvalue weighted by molar-refractivity contribution is 6.85. The van der Waals surface area contributed by atoms with Gasteiger partial charge in [-0.2, -0.15) is 0 Å². The molecule has 1 atom stereocenters. The van der Waals surface area contributed by atoms with Gasteiger partial charge in [-0.15, -0.1) is 0 Å². The summed E-state index contributed by atoms with van der Waals surface area (Å²) in [5.41, 5.74) is 0.688. The van der Waals surface area contributed by atoms with Gasteiger partial charge in [-0.1, -0.05) is 43.1 Å². The van der Waals surface area contributed by atoms with Gasteiger partial charge in [0.2, 0.25) is 8.32 Å². The van der Waals surface area contributed by atoms with Crippen molar-refractivity contribution in [1.82, 2.24) is 0 Å². The van der Waals surface area contributed by atoms with Gasteiger partial charge >= 0.3 is 0 Å². The largest absolute Gasteiger partial charge is 0.416 e. The Labute approximate surface area is 96.4 Å². The summed E-state index contributed by atoms with van der Waals surface area (Å²) in [4.78, 5) is 0. The monoisotopic (exact) mass is 240 g/mol. The molecule has 1 aliphatic carbocycles. The molecule has 3 heteroatoms. The van der Waals surface area contributed by atoms with Crippen LogP contribution in [-0.4, -0.2) is 23.5 Å². The fourth-order valence-electron chi connectivity index (χ4n) is 2.13. The highest BCUT2D eigenvalue weighted by atomic mass is 28.4. The van der Waals surface area contributed by atoms with E-state index in [4.69, 9.17) is 4.43 Å². The maximum atomic E-state index is 5.76. The molecule has 1 rings (SSSR count). The van der Waals surface area contributed by atoms with Crippen LogP contribution >= 0.6 is 0 Å². The maximum absolute atomic E-state index is 5.76. The molecule has 0 saturated carbocycles. The number of hydrogen-bond acceptors (Lipinski definition) is 1. The SMILES string of the molecule is CO[Si](C)(C)C1=CCC=CC1[Si](C)(C)C. The van der Waals surface area contributed by atoms with Crippen LogP contribution in [0.2, 0.25) is 38.3 Å². The van der Waals surface area contributed by atoms with E-state index < -0.39 is 16.4 Å². The van der Waals surface area contributed by atoms with Crippen LogP contribution in [0.5, 0.6) is 0 Å².